The summed E-state index contributed by atoms with van der Waals surface area (Å²) in [6.45, 7) is 1.75. The predicted octanol–water partition coefficient (Wildman–Crippen LogP) is 3.75. The molecule has 1 aromatic heterocycles. The highest BCUT2D eigenvalue weighted by molar-refractivity contribution is 5.89. The Morgan fingerprint density at radius 2 is 1.90 bits per heavy atom. The molecule has 7 heteroatoms. The molecule has 0 saturated carbocycles. The topological polar surface area (TPSA) is 105 Å². The summed E-state index contributed by atoms with van der Waals surface area (Å²) in [5, 5.41) is 9.92. The Balaban J connectivity index is 1.88. The first-order chi connectivity index (χ1) is 14.0. The number of nitrogens with zero attached hydrogens (tertiary/aromatic N) is 3. The summed E-state index contributed by atoms with van der Waals surface area (Å²) >= 11 is 0. The van der Waals surface area contributed by atoms with Crippen molar-refractivity contribution in [3.05, 3.63) is 88.7 Å². The van der Waals surface area contributed by atoms with E-state index < -0.39 is 11.9 Å². The van der Waals surface area contributed by atoms with Gasteiger partial charge in [-0.05, 0) is 29.8 Å². The maximum absolute atomic E-state index is 11.7. The predicted molar refractivity (Wildman–Crippen MR) is 106 cm³/mol. The first-order valence-corrected chi connectivity index (χ1v) is 8.95. The Morgan fingerprint density at radius 3 is 2.52 bits per heavy atom. The molecule has 0 amide bonds. The van der Waals surface area contributed by atoms with Crippen molar-refractivity contribution in [2.45, 2.75) is 12.8 Å². The molecule has 2 N–H and O–H groups in total. The van der Waals surface area contributed by atoms with Crippen molar-refractivity contribution < 1.29 is 13.9 Å². The molecule has 144 valence electrons. The number of fused-ring (bicyclic) bond motifs is 1. The van der Waals surface area contributed by atoms with Crippen molar-refractivity contribution in [2.75, 3.05) is 12.0 Å². The van der Waals surface area contributed by atoms with Crippen molar-refractivity contribution in [3.8, 4) is 6.07 Å². The van der Waals surface area contributed by atoms with Crippen molar-refractivity contribution in [1.29, 1.82) is 5.26 Å². The number of hydrogen-bond donors (Lipinski definition) is 1. The second kappa shape index (κ2) is 7.17. The maximum atomic E-state index is 11.7. The SMILES string of the molecule is COC(=O)c1ccc(C2C(C#N)=C(N)N(c3ccccc3)c3oc(C)nc32)cc1. The molecular weight excluding hydrogens is 368 g/mol. The van der Waals surface area contributed by atoms with E-state index >= 15 is 0 Å². The summed E-state index contributed by atoms with van der Waals surface area (Å²) < 4.78 is 10.6. The molecule has 1 unspecified atom stereocenters. The molecule has 2 aromatic carbocycles. The normalized spacial score (nSPS) is 15.6. The highest BCUT2D eigenvalue weighted by Gasteiger charge is 2.38. The highest BCUT2D eigenvalue weighted by Crippen LogP contribution is 2.46. The number of para-hydroxylation sites is 1. The molecule has 2 heterocycles. The minimum absolute atomic E-state index is 0.282. The smallest absolute Gasteiger partial charge is 0.337 e. The molecule has 0 radical (unpaired) electrons. The molecule has 4 rings (SSSR count). The highest BCUT2D eigenvalue weighted by atomic mass is 16.5. The molecule has 0 bridgehead atoms. The van der Waals surface area contributed by atoms with E-state index in [4.69, 9.17) is 14.9 Å². The van der Waals surface area contributed by atoms with Crippen LogP contribution >= 0.6 is 0 Å². The van der Waals surface area contributed by atoms with Crippen LogP contribution in [0.5, 0.6) is 0 Å². The van der Waals surface area contributed by atoms with Crippen LogP contribution < -0.4 is 10.6 Å². The Labute approximate surface area is 167 Å². The summed E-state index contributed by atoms with van der Waals surface area (Å²) in [6, 6.07) is 18.5. The van der Waals surface area contributed by atoms with Crippen molar-refractivity contribution >= 4 is 17.5 Å². The Hall–Kier alpha value is -4.05. The lowest BCUT2D eigenvalue weighted by Crippen LogP contribution is -2.31. The van der Waals surface area contributed by atoms with Gasteiger partial charge in [-0.1, -0.05) is 30.3 Å². The summed E-state index contributed by atoms with van der Waals surface area (Å²) in [5.74, 6) is 0.304. The van der Waals surface area contributed by atoms with E-state index in [0.29, 0.717) is 28.6 Å². The number of benzene rings is 2. The molecule has 3 aromatic rings. The monoisotopic (exact) mass is 386 g/mol. The van der Waals surface area contributed by atoms with Crippen molar-refractivity contribution in [3.63, 3.8) is 0 Å². The lowest BCUT2D eigenvalue weighted by atomic mass is 9.85. The zero-order valence-electron chi connectivity index (χ0n) is 15.9. The number of oxazole rings is 1. The second-order valence-corrected chi connectivity index (χ2v) is 6.55. The lowest BCUT2D eigenvalue weighted by Gasteiger charge is -2.31. The van der Waals surface area contributed by atoms with E-state index in [1.165, 1.54) is 7.11 Å². The van der Waals surface area contributed by atoms with E-state index in [9.17, 15) is 10.1 Å². The van der Waals surface area contributed by atoms with Crippen molar-refractivity contribution in [2.24, 2.45) is 5.73 Å². The third-order valence-corrected chi connectivity index (χ3v) is 4.82. The number of carbonyl (C=O) groups excluding carboxylic acids is 1. The zero-order valence-corrected chi connectivity index (χ0v) is 15.9. The van der Waals surface area contributed by atoms with Gasteiger partial charge in [-0.15, -0.1) is 0 Å². The van der Waals surface area contributed by atoms with Crippen LogP contribution in [0.25, 0.3) is 0 Å². The van der Waals surface area contributed by atoms with Gasteiger partial charge >= 0.3 is 5.97 Å². The zero-order chi connectivity index (χ0) is 20.5. The van der Waals surface area contributed by atoms with Crippen LogP contribution in [0.2, 0.25) is 0 Å². The molecule has 0 fully saturated rings. The Morgan fingerprint density at radius 1 is 1.21 bits per heavy atom. The number of hydrogen-bond acceptors (Lipinski definition) is 7. The van der Waals surface area contributed by atoms with E-state index in [0.717, 1.165) is 11.3 Å². The Kier molecular flexibility index (Phi) is 4.53. The van der Waals surface area contributed by atoms with Gasteiger partial charge in [-0.25, -0.2) is 9.78 Å². The van der Waals surface area contributed by atoms with Gasteiger partial charge in [0.15, 0.2) is 5.89 Å². The van der Waals surface area contributed by atoms with Crippen LogP contribution in [0, 0.1) is 18.3 Å². The van der Waals surface area contributed by atoms with Gasteiger partial charge in [0, 0.05) is 6.92 Å². The summed E-state index contributed by atoms with van der Waals surface area (Å²) in [7, 11) is 1.33. The second-order valence-electron chi connectivity index (χ2n) is 6.55. The number of methoxy groups -OCH3 is 1. The summed E-state index contributed by atoms with van der Waals surface area (Å²) in [4.78, 5) is 18.0. The van der Waals surface area contributed by atoms with E-state index in [1.54, 1.807) is 36.1 Å². The molecule has 29 heavy (non-hydrogen) atoms. The number of aromatic nitrogens is 1. The summed E-state index contributed by atoms with van der Waals surface area (Å²) in [6.07, 6.45) is 0. The Bertz CT molecular complexity index is 1140. The third kappa shape index (κ3) is 3.01. The number of aryl methyl sites for hydroxylation is 1. The fourth-order valence-electron chi connectivity index (χ4n) is 3.50. The largest absolute Gasteiger partial charge is 0.465 e. The van der Waals surface area contributed by atoms with Gasteiger partial charge in [-0.2, -0.15) is 5.26 Å². The fraction of sp³-hybridized carbons (Fsp3) is 0.136. The quantitative estimate of drug-likeness (QED) is 0.683. The summed E-state index contributed by atoms with van der Waals surface area (Å²) in [5.41, 5.74) is 9.37. The number of anilines is 2. The molecule has 1 aliphatic heterocycles. The van der Waals surface area contributed by atoms with E-state index in [-0.39, 0.29) is 5.82 Å². The number of esters is 1. The van der Waals surface area contributed by atoms with Crippen LogP contribution in [0.4, 0.5) is 11.6 Å². The molecule has 0 aliphatic carbocycles. The minimum Gasteiger partial charge on any atom is -0.465 e. The van der Waals surface area contributed by atoms with Gasteiger partial charge in [-0.3, -0.25) is 4.90 Å². The van der Waals surface area contributed by atoms with E-state index in [1.807, 2.05) is 30.3 Å². The van der Waals surface area contributed by atoms with Crippen LogP contribution in [-0.4, -0.2) is 18.1 Å². The minimum atomic E-state index is -0.501. The molecule has 0 saturated heterocycles. The number of rotatable bonds is 3. The third-order valence-electron chi connectivity index (χ3n) is 4.82. The first-order valence-electron chi connectivity index (χ1n) is 8.95. The number of nitrogens with two attached hydrogens (primary N) is 1. The number of nitriles is 1. The standard InChI is InChI=1S/C22H18N4O3/c1-13-25-19-18(14-8-10-15(11-9-14)22(27)28-2)17(12-23)20(24)26(21(19)29-13)16-6-4-3-5-7-16/h3-11,18H,24H2,1-2H3. The van der Waals surface area contributed by atoms with Crippen molar-refractivity contribution in [1.82, 2.24) is 4.98 Å². The molecular formula is C22H18N4O3. The number of carbonyl (C=O) groups is 1. The van der Waals surface area contributed by atoms with Gasteiger partial charge in [0.2, 0.25) is 5.88 Å². The molecule has 0 spiro atoms. The molecule has 1 atom stereocenters. The van der Waals surface area contributed by atoms with Gasteiger partial charge in [0.25, 0.3) is 0 Å². The average Bonchev–Trinajstić information content (AvgIpc) is 3.13. The average molecular weight is 386 g/mol. The lowest BCUT2D eigenvalue weighted by molar-refractivity contribution is 0.0600. The van der Waals surface area contributed by atoms with E-state index in [2.05, 4.69) is 11.1 Å². The van der Waals surface area contributed by atoms with Crippen LogP contribution in [0.1, 0.15) is 33.4 Å². The number of allylic oxidation sites excluding steroid dienone is 1. The van der Waals surface area contributed by atoms with Crippen LogP contribution in [0.3, 0.4) is 0 Å². The molecule has 1 aliphatic rings. The van der Waals surface area contributed by atoms with Gasteiger partial charge in [0.05, 0.1) is 35.9 Å². The first kappa shape index (κ1) is 18.3. The van der Waals surface area contributed by atoms with Gasteiger partial charge < -0.3 is 14.9 Å². The van der Waals surface area contributed by atoms with Gasteiger partial charge in [0.1, 0.15) is 11.5 Å². The number of ether oxygens (including phenoxy) is 1. The maximum Gasteiger partial charge on any atom is 0.337 e. The fourth-order valence-corrected chi connectivity index (χ4v) is 3.50. The van der Waals surface area contributed by atoms with Crippen LogP contribution in [0.15, 0.2) is 70.4 Å². The van der Waals surface area contributed by atoms with Crippen LogP contribution in [-0.2, 0) is 4.74 Å². The molecule has 7 nitrogen and oxygen atoms in total.